The number of ether oxygens (including phenoxy) is 4. The number of hydrogen-bond donors (Lipinski definition) is 1. The summed E-state index contributed by atoms with van der Waals surface area (Å²) in [4.78, 5) is 0. The fraction of sp³-hybridized carbons (Fsp3) is 0.419. The lowest BCUT2D eigenvalue weighted by molar-refractivity contribution is -0.235. The van der Waals surface area contributed by atoms with Crippen LogP contribution in [0.1, 0.15) is 54.2 Å². The number of aliphatic hydroxyl groups is 1. The lowest BCUT2D eigenvalue weighted by Gasteiger charge is -2.46. The molecular weight excluding hydrogens is 488 g/mol. The van der Waals surface area contributed by atoms with E-state index >= 15 is 0 Å². The monoisotopic (exact) mass is 522 g/mol. The summed E-state index contributed by atoms with van der Waals surface area (Å²) in [6.07, 6.45) is 0.645. The molecule has 0 bridgehead atoms. The summed E-state index contributed by atoms with van der Waals surface area (Å²) >= 11 is 6.59. The third kappa shape index (κ3) is 5.57. The van der Waals surface area contributed by atoms with E-state index in [0.29, 0.717) is 36.2 Å². The van der Waals surface area contributed by atoms with Crippen LogP contribution >= 0.6 is 11.6 Å². The lowest BCUT2D eigenvalue weighted by atomic mass is 9.82. The van der Waals surface area contributed by atoms with Crippen molar-refractivity contribution in [2.24, 2.45) is 5.92 Å². The first-order chi connectivity index (χ1) is 18.1. The molecule has 0 amide bonds. The highest BCUT2D eigenvalue weighted by molar-refractivity contribution is 6.33. The van der Waals surface area contributed by atoms with Gasteiger partial charge in [-0.15, -0.1) is 0 Å². The predicted molar refractivity (Wildman–Crippen MR) is 144 cm³/mol. The van der Waals surface area contributed by atoms with Crippen LogP contribution in [0, 0.1) is 5.92 Å². The van der Waals surface area contributed by atoms with Crippen molar-refractivity contribution in [3.8, 4) is 5.75 Å². The second-order valence-electron chi connectivity index (χ2n) is 9.89. The number of benzene rings is 3. The third-order valence-corrected chi connectivity index (χ3v) is 7.94. The number of rotatable bonds is 9. The third-order valence-electron chi connectivity index (χ3n) is 7.53. The van der Waals surface area contributed by atoms with Crippen LogP contribution in [0.2, 0.25) is 5.02 Å². The molecule has 1 N–H and O–H groups in total. The molecule has 37 heavy (non-hydrogen) atoms. The number of halogens is 1. The topological polar surface area (TPSA) is 57.2 Å². The van der Waals surface area contributed by atoms with Crippen molar-refractivity contribution in [1.29, 1.82) is 0 Å². The first kappa shape index (κ1) is 26.2. The van der Waals surface area contributed by atoms with Crippen molar-refractivity contribution in [2.75, 3.05) is 6.61 Å². The van der Waals surface area contributed by atoms with E-state index in [2.05, 4.69) is 38.1 Å². The Morgan fingerprint density at radius 1 is 0.946 bits per heavy atom. The molecule has 2 heterocycles. The summed E-state index contributed by atoms with van der Waals surface area (Å²) in [5.41, 5.74) is 4.85. The van der Waals surface area contributed by atoms with Gasteiger partial charge < -0.3 is 24.1 Å². The SMILES string of the molecule is CC[C@H]1O[C@@H](c2cc(CO)c(Cl)c3c2CCO3)[C@H](OCc2ccccc2)[C@@H](OCc2ccccc2)[C@@H]1C. The first-order valence-corrected chi connectivity index (χ1v) is 13.5. The molecule has 0 radical (unpaired) electrons. The van der Waals surface area contributed by atoms with Gasteiger partial charge in [0.25, 0.3) is 0 Å². The minimum atomic E-state index is -0.386. The molecule has 0 aliphatic carbocycles. The van der Waals surface area contributed by atoms with E-state index in [0.717, 1.165) is 35.1 Å². The normalized spacial score (nSPS) is 25.0. The minimum absolute atomic E-state index is 0.00595. The predicted octanol–water partition coefficient (Wildman–Crippen LogP) is 6.42. The largest absolute Gasteiger partial charge is 0.491 e. The van der Waals surface area contributed by atoms with Crippen molar-refractivity contribution in [3.05, 3.63) is 99.6 Å². The summed E-state index contributed by atoms with van der Waals surface area (Å²) in [6, 6.07) is 22.4. The average molecular weight is 523 g/mol. The lowest BCUT2D eigenvalue weighted by Crippen LogP contribution is -2.52. The summed E-state index contributed by atoms with van der Waals surface area (Å²) in [7, 11) is 0. The molecule has 0 spiro atoms. The molecule has 0 unspecified atom stereocenters. The van der Waals surface area contributed by atoms with E-state index in [-0.39, 0.29) is 36.9 Å². The van der Waals surface area contributed by atoms with Crippen LogP contribution in [0.4, 0.5) is 0 Å². The van der Waals surface area contributed by atoms with Crippen LogP contribution in [-0.2, 0) is 40.5 Å². The maximum atomic E-state index is 10.1. The quantitative estimate of drug-likeness (QED) is 0.351. The van der Waals surface area contributed by atoms with E-state index in [4.69, 9.17) is 30.5 Å². The Morgan fingerprint density at radius 2 is 1.57 bits per heavy atom. The van der Waals surface area contributed by atoms with Gasteiger partial charge in [0.2, 0.25) is 0 Å². The molecule has 3 aromatic carbocycles. The molecule has 196 valence electrons. The zero-order valence-corrected chi connectivity index (χ0v) is 22.2. The van der Waals surface area contributed by atoms with Gasteiger partial charge in [-0.3, -0.25) is 0 Å². The van der Waals surface area contributed by atoms with Gasteiger partial charge in [-0.25, -0.2) is 0 Å². The molecule has 5 atom stereocenters. The molecule has 2 aliphatic heterocycles. The van der Waals surface area contributed by atoms with Crippen LogP contribution in [0.5, 0.6) is 5.75 Å². The van der Waals surface area contributed by atoms with E-state index in [1.807, 2.05) is 42.5 Å². The maximum Gasteiger partial charge on any atom is 0.141 e. The van der Waals surface area contributed by atoms with Gasteiger partial charge >= 0.3 is 0 Å². The van der Waals surface area contributed by atoms with E-state index < -0.39 is 0 Å². The Kier molecular flexibility index (Phi) is 8.48. The summed E-state index contributed by atoms with van der Waals surface area (Å²) in [6.45, 7) is 5.65. The molecule has 1 saturated heterocycles. The molecule has 6 heteroatoms. The van der Waals surface area contributed by atoms with Crippen LogP contribution in [0.25, 0.3) is 0 Å². The molecule has 3 aromatic rings. The van der Waals surface area contributed by atoms with Gasteiger partial charge in [0, 0.05) is 23.5 Å². The van der Waals surface area contributed by atoms with Gasteiger partial charge in [-0.05, 0) is 29.2 Å². The Labute approximate surface area is 224 Å². The number of aliphatic hydroxyl groups excluding tert-OH is 1. The Morgan fingerprint density at radius 3 is 2.16 bits per heavy atom. The second kappa shape index (κ2) is 12.0. The molecule has 1 fully saturated rings. The Bertz CT molecular complexity index is 1170. The van der Waals surface area contributed by atoms with Crippen LogP contribution < -0.4 is 4.74 Å². The summed E-state index contributed by atoms with van der Waals surface area (Å²) in [5.74, 6) is 0.779. The first-order valence-electron chi connectivity index (χ1n) is 13.1. The molecular formula is C31H35ClO5. The van der Waals surface area contributed by atoms with Gasteiger partial charge in [0.1, 0.15) is 18.0 Å². The number of hydrogen-bond acceptors (Lipinski definition) is 5. The zero-order chi connectivity index (χ0) is 25.8. The Hall–Kier alpha value is -2.41. The van der Waals surface area contributed by atoms with E-state index in [9.17, 15) is 5.11 Å². The van der Waals surface area contributed by atoms with Crippen LogP contribution in [0.15, 0.2) is 66.7 Å². The van der Waals surface area contributed by atoms with Gasteiger partial charge in [-0.2, -0.15) is 0 Å². The molecule has 0 aromatic heterocycles. The average Bonchev–Trinajstić information content (AvgIpc) is 3.44. The second-order valence-corrected chi connectivity index (χ2v) is 10.3. The summed E-state index contributed by atoms with van der Waals surface area (Å²) in [5, 5.41) is 10.5. The maximum absolute atomic E-state index is 10.1. The van der Waals surface area contributed by atoms with Gasteiger partial charge in [0.15, 0.2) is 0 Å². The fourth-order valence-electron chi connectivity index (χ4n) is 5.53. The fourth-order valence-corrected chi connectivity index (χ4v) is 5.82. The molecule has 2 aliphatic rings. The molecule has 0 saturated carbocycles. The Balaban J connectivity index is 1.53. The minimum Gasteiger partial charge on any atom is -0.491 e. The van der Waals surface area contributed by atoms with E-state index in [1.54, 1.807) is 0 Å². The molecule has 5 nitrogen and oxygen atoms in total. The summed E-state index contributed by atoms with van der Waals surface area (Å²) < 4.78 is 26.0. The smallest absolute Gasteiger partial charge is 0.141 e. The van der Waals surface area contributed by atoms with Crippen LogP contribution in [-0.4, -0.2) is 30.0 Å². The molecule has 5 rings (SSSR count). The highest BCUT2D eigenvalue weighted by atomic mass is 35.5. The number of fused-ring (bicyclic) bond motifs is 1. The van der Waals surface area contributed by atoms with Crippen molar-refractivity contribution in [1.82, 2.24) is 0 Å². The highest BCUT2D eigenvalue weighted by Gasteiger charge is 2.46. The van der Waals surface area contributed by atoms with E-state index in [1.165, 1.54) is 0 Å². The van der Waals surface area contributed by atoms with Gasteiger partial charge in [0.05, 0.1) is 43.7 Å². The van der Waals surface area contributed by atoms with Crippen molar-refractivity contribution in [2.45, 2.75) is 70.9 Å². The zero-order valence-electron chi connectivity index (χ0n) is 21.4. The van der Waals surface area contributed by atoms with Crippen LogP contribution in [0.3, 0.4) is 0 Å². The highest BCUT2D eigenvalue weighted by Crippen LogP contribution is 2.46. The van der Waals surface area contributed by atoms with Gasteiger partial charge in [-0.1, -0.05) is 86.1 Å². The van der Waals surface area contributed by atoms with Crippen molar-refractivity contribution in [3.63, 3.8) is 0 Å². The van der Waals surface area contributed by atoms with Crippen molar-refractivity contribution >= 4 is 11.6 Å². The van der Waals surface area contributed by atoms with Crippen molar-refractivity contribution < 1.29 is 24.1 Å². The standard InChI is InChI=1S/C31H35ClO5/c1-3-26-20(2)28(35-18-21-10-6-4-7-11-21)31(36-19-22-12-8-5-9-13-22)30(37-26)25-16-23(17-33)27(32)29-24(25)14-15-34-29/h4-13,16,20,26,28,30-31,33H,3,14-15,17-19H2,1-2H3/t20-,26-,28+,30+,31-/m1/s1.